The molecule has 6 amide bonds. The van der Waals surface area contributed by atoms with E-state index < -0.39 is 155 Å². The number of likely N-dealkylation sites (N-methyl/N-ethyl adjacent to an activating group) is 1. The highest BCUT2D eigenvalue weighted by Gasteiger charge is 2.59. The van der Waals surface area contributed by atoms with E-state index in [2.05, 4.69) is 16.0 Å². The molecule has 11 N–H and O–H groups in total. The lowest BCUT2D eigenvalue weighted by atomic mass is 9.77. The molecule has 492 valence electrons. The zero-order chi connectivity index (χ0) is 67.4. The molecule has 0 aliphatic rings. The number of nitrogens with two attached hydrogens (primary N) is 3. The summed E-state index contributed by atoms with van der Waals surface area (Å²) in [6.07, 6.45) is -2.08. The first-order chi connectivity index (χ1) is 42.3. The molecule has 3 unspecified atom stereocenters. The number of ether oxygens (including phenoxy) is 2. The number of esters is 1. The molecule has 4 aromatic rings. The first kappa shape index (κ1) is 74.6. The largest absolute Gasteiger partial charge is 0.488 e. The number of aliphatic hydroxyl groups is 1. The van der Waals surface area contributed by atoms with Crippen molar-refractivity contribution in [1.29, 1.82) is 0 Å². The third kappa shape index (κ3) is 19.1. The monoisotopic (exact) mass is 1250 g/mol. The molecule has 0 fully saturated rings. The third-order valence-electron chi connectivity index (χ3n) is 16.3. The summed E-state index contributed by atoms with van der Waals surface area (Å²) in [4.78, 5) is 132. The van der Waals surface area contributed by atoms with Crippen molar-refractivity contribution in [2.24, 2.45) is 40.9 Å². The molecule has 4 aromatic carbocycles. The van der Waals surface area contributed by atoms with Crippen LogP contribution in [0.2, 0.25) is 0 Å². The summed E-state index contributed by atoms with van der Waals surface area (Å²) in [5, 5.41) is 29.5. The van der Waals surface area contributed by atoms with Crippen LogP contribution >= 0.6 is 0 Å². The number of aliphatic hydroxyl groups excluding tert-OH is 1. The number of imide groups is 1. The molecule has 0 saturated heterocycles. The molecule has 90 heavy (non-hydrogen) atoms. The van der Waals surface area contributed by atoms with Gasteiger partial charge in [0.05, 0.1) is 12.1 Å². The number of amides is 6. The summed E-state index contributed by atoms with van der Waals surface area (Å²) in [6, 6.07) is 26.0. The Morgan fingerprint density at radius 2 is 1.11 bits per heavy atom. The number of nitrogens with one attached hydrogen (secondary N) is 3. The molecule has 0 spiro atoms. The number of nitrogens with zero attached hydrogens (tertiary/aromatic N) is 2. The van der Waals surface area contributed by atoms with E-state index in [9.17, 15) is 48.6 Å². The highest BCUT2D eigenvalue weighted by Crippen LogP contribution is 2.38. The summed E-state index contributed by atoms with van der Waals surface area (Å²) in [7, 11) is 1.41. The summed E-state index contributed by atoms with van der Waals surface area (Å²) < 4.78 is 11.9. The molecular weight excluding hydrogens is 1150 g/mol. The predicted molar refractivity (Wildman–Crippen MR) is 344 cm³/mol. The normalized spacial score (nSPS) is 15.5. The molecule has 0 aliphatic carbocycles. The van der Waals surface area contributed by atoms with Gasteiger partial charge in [0.15, 0.2) is 5.78 Å². The Morgan fingerprint density at radius 3 is 1.56 bits per heavy atom. The molecule has 21 heteroatoms. The molecule has 0 aromatic heterocycles. The van der Waals surface area contributed by atoms with E-state index in [1.165, 1.54) is 32.7 Å². The number of rotatable bonds is 34. The van der Waals surface area contributed by atoms with Gasteiger partial charge in [0.25, 0.3) is 0 Å². The van der Waals surface area contributed by atoms with Gasteiger partial charge in [-0.15, -0.1) is 0 Å². The van der Waals surface area contributed by atoms with Crippen molar-refractivity contribution >= 4 is 53.2 Å². The molecule has 0 saturated carbocycles. The molecule has 0 bridgehead atoms. The van der Waals surface area contributed by atoms with Crippen LogP contribution in [0, 0.1) is 23.7 Å². The average Bonchev–Trinajstić information content (AvgIpc) is 0.795. The number of hydrogen-bond donors (Lipinski definition) is 8. The number of carboxylic acid groups (broad SMARTS) is 1. The second kappa shape index (κ2) is 33.8. The molecule has 0 radical (unpaired) electrons. The highest BCUT2D eigenvalue weighted by atomic mass is 16.5. The molecule has 0 heterocycles. The van der Waals surface area contributed by atoms with E-state index in [1.54, 1.807) is 58.9 Å². The summed E-state index contributed by atoms with van der Waals surface area (Å²) >= 11 is 0. The van der Waals surface area contributed by atoms with Gasteiger partial charge in [-0.25, -0.2) is 9.59 Å². The Labute approximate surface area is 530 Å². The third-order valence-corrected chi connectivity index (χ3v) is 16.3. The Bertz CT molecular complexity index is 2940. The highest BCUT2D eigenvalue weighted by molar-refractivity contribution is 6.17. The fraction of sp³-hybridized carbons (Fsp3) is 0.522. The summed E-state index contributed by atoms with van der Waals surface area (Å²) in [5.41, 5.74) is 17.4. The maximum atomic E-state index is 15.3. The Morgan fingerprint density at radius 1 is 0.622 bits per heavy atom. The molecule has 10 atom stereocenters. The van der Waals surface area contributed by atoms with Crippen LogP contribution in [0.15, 0.2) is 115 Å². The lowest BCUT2D eigenvalue weighted by Crippen LogP contribution is -2.71. The molecular formula is C69H98N8O13. The van der Waals surface area contributed by atoms with Crippen LogP contribution in [0.4, 0.5) is 0 Å². The van der Waals surface area contributed by atoms with Gasteiger partial charge in [-0.2, -0.15) is 0 Å². The number of aliphatic carboxylic acids is 1. The first-order valence-corrected chi connectivity index (χ1v) is 31.2. The minimum absolute atomic E-state index is 0.0924. The van der Waals surface area contributed by atoms with Gasteiger partial charge in [-0.05, 0) is 106 Å². The van der Waals surface area contributed by atoms with E-state index in [1.807, 2.05) is 119 Å². The lowest BCUT2D eigenvalue weighted by molar-refractivity contribution is -0.175. The second-order valence-electron chi connectivity index (χ2n) is 25.2. The van der Waals surface area contributed by atoms with Crippen LogP contribution in [0.5, 0.6) is 5.75 Å². The van der Waals surface area contributed by atoms with Crippen LogP contribution in [-0.4, -0.2) is 140 Å². The molecule has 21 nitrogen and oxygen atoms in total. The van der Waals surface area contributed by atoms with Gasteiger partial charge in [-0.1, -0.05) is 171 Å². The Balaban J connectivity index is 1.70. The number of carboxylic acids is 1. The SMILES string of the molecule is CCC(C)[C@H](NC(=O)[C@H](Cc1ccc(OC(C)(C)C)cc1)N(C)C(=O)[C@@H](NC(=O)[C@@H](N)CCCO)C(C)CC)C(=O)OC(C)[C@H](N)C(=O)[C@](CC(C)C)(C(=O)O)N(C(=O)C(C)C)C(=O)[C@@H](N)CCC(=O)NC(c1ccccc1)(c1ccccc1)c1ccccc1. The number of benzene rings is 4. The van der Waals surface area contributed by atoms with Crippen molar-refractivity contribution in [1.82, 2.24) is 25.8 Å². The molecule has 4 rings (SSSR count). The van der Waals surface area contributed by atoms with Crippen molar-refractivity contribution in [3.8, 4) is 5.75 Å². The zero-order valence-corrected chi connectivity index (χ0v) is 54.7. The topological polar surface area (TPSA) is 333 Å². The van der Waals surface area contributed by atoms with Crippen molar-refractivity contribution in [3.63, 3.8) is 0 Å². The maximum absolute atomic E-state index is 15.3. The fourth-order valence-electron chi connectivity index (χ4n) is 10.7. The van der Waals surface area contributed by atoms with E-state index in [4.69, 9.17) is 26.7 Å². The average molecular weight is 1250 g/mol. The van der Waals surface area contributed by atoms with E-state index >= 15 is 4.79 Å². The van der Waals surface area contributed by atoms with Crippen LogP contribution in [0.1, 0.15) is 150 Å². The zero-order valence-electron chi connectivity index (χ0n) is 54.7. The van der Waals surface area contributed by atoms with Crippen LogP contribution < -0.4 is 37.9 Å². The fourth-order valence-corrected chi connectivity index (χ4v) is 10.7. The Kier molecular flexibility index (Phi) is 28.0. The number of hydrogen-bond acceptors (Lipinski definition) is 15. The molecule has 0 aliphatic heterocycles. The van der Waals surface area contributed by atoms with Crippen molar-refractivity contribution < 1.29 is 62.8 Å². The summed E-state index contributed by atoms with van der Waals surface area (Å²) in [5.74, 6) is -11.7. The van der Waals surface area contributed by atoms with Crippen molar-refractivity contribution in [2.75, 3.05) is 13.7 Å². The van der Waals surface area contributed by atoms with Crippen LogP contribution in [0.25, 0.3) is 0 Å². The van der Waals surface area contributed by atoms with E-state index in [0.29, 0.717) is 22.6 Å². The minimum atomic E-state index is -3.03. The number of carbonyl (C=O) groups excluding carboxylic acids is 8. The van der Waals surface area contributed by atoms with Crippen LogP contribution in [0.3, 0.4) is 0 Å². The number of Topliss-reactive ketones (excluding diaryl/α,β-unsaturated/α-hetero) is 1. The van der Waals surface area contributed by atoms with Crippen LogP contribution in [-0.2, 0) is 59.8 Å². The Hall–Kier alpha value is -7.85. The van der Waals surface area contributed by atoms with Gasteiger partial charge < -0.3 is 57.7 Å². The van der Waals surface area contributed by atoms with Crippen molar-refractivity contribution in [3.05, 3.63) is 138 Å². The number of ketones is 1. The predicted octanol–water partition coefficient (Wildman–Crippen LogP) is 6.32. The number of carbonyl (C=O) groups is 9. The minimum Gasteiger partial charge on any atom is -0.488 e. The summed E-state index contributed by atoms with van der Waals surface area (Å²) in [6.45, 7) is 19.7. The van der Waals surface area contributed by atoms with Gasteiger partial charge in [0.2, 0.25) is 41.0 Å². The van der Waals surface area contributed by atoms with Gasteiger partial charge in [0.1, 0.15) is 47.2 Å². The van der Waals surface area contributed by atoms with E-state index in [-0.39, 0.29) is 32.3 Å². The van der Waals surface area contributed by atoms with Crippen molar-refractivity contribution in [2.45, 2.75) is 193 Å². The first-order valence-electron chi connectivity index (χ1n) is 31.2. The van der Waals surface area contributed by atoms with Gasteiger partial charge >= 0.3 is 11.9 Å². The maximum Gasteiger partial charge on any atom is 0.338 e. The van der Waals surface area contributed by atoms with Gasteiger partial charge in [0, 0.05) is 32.4 Å². The van der Waals surface area contributed by atoms with E-state index in [0.717, 1.165) is 16.7 Å². The smallest absolute Gasteiger partial charge is 0.338 e. The second-order valence-corrected chi connectivity index (χ2v) is 25.2. The lowest BCUT2D eigenvalue weighted by Gasteiger charge is -2.42. The van der Waals surface area contributed by atoms with Gasteiger partial charge in [-0.3, -0.25) is 38.5 Å². The quantitative estimate of drug-likeness (QED) is 0.0144. The standard InChI is InChI=1S/C69H98N8O13/c1-14-44(7)57(73-60(81)52(70)32-25-39-78)64(85)76(13)54(40-47-33-35-51(36-34-47)90-67(10,11)12)61(82)74-58(45(8)15-2)65(86)89-46(9)56(72)59(80)68(66(87)88,41-42(3)4)77(62(83)43(5)6)63(84)53(71)37-38-55(79)75-69(48-26-19-16-20-27-48,49-28-21-17-22-29-49)50-30-23-18-24-31-50/h16-24,26-31,33-36,42-46,52-54,56-58,78H,14-15,25,32,37-41,70-72H2,1-13H3,(H,73,81)(H,74,82)(H,75,79)(H,87,88)/t44?,45?,46?,52-,53-,54-,56-,57-,58-,68+/m0/s1.